The molecule has 0 spiro atoms. The minimum Gasteiger partial charge on any atom is -0.458 e. The van der Waals surface area contributed by atoms with Crippen molar-refractivity contribution in [3.8, 4) is 0 Å². The first-order valence-electron chi connectivity index (χ1n) is 12.4. The lowest BCUT2D eigenvalue weighted by atomic mass is 9.73. The fraction of sp³-hybridized carbons (Fsp3) is 0.731. The van der Waals surface area contributed by atoms with E-state index in [1.807, 2.05) is 32.2 Å². The molecule has 0 radical (unpaired) electrons. The number of aromatic nitrogens is 1. The zero-order valence-electron chi connectivity index (χ0n) is 21.2. The van der Waals surface area contributed by atoms with Crippen LogP contribution in [-0.2, 0) is 14.3 Å². The molecule has 0 saturated carbocycles. The number of ketones is 1. The number of fused-ring (bicyclic) bond motifs is 1. The van der Waals surface area contributed by atoms with Gasteiger partial charge in [-0.25, -0.2) is 4.98 Å². The van der Waals surface area contributed by atoms with Crippen molar-refractivity contribution in [3.05, 3.63) is 21.7 Å². The van der Waals surface area contributed by atoms with Crippen molar-refractivity contribution in [1.29, 1.82) is 0 Å². The van der Waals surface area contributed by atoms with Crippen LogP contribution in [0.5, 0.6) is 0 Å². The largest absolute Gasteiger partial charge is 0.458 e. The van der Waals surface area contributed by atoms with Crippen molar-refractivity contribution in [2.24, 2.45) is 17.3 Å². The van der Waals surface area contributed by atoms with Gasteiger partial charge in [0, 0.05) is 29.8 Å². The van der Waals surface area contributed by atoms with E-state index in [9.17, 15) is 19.8 Å². The maximum absolute atomic E-state index is 13.2. The predicted molar refractivity (Wildman–Crippen MR) is 133 cm³/mol. The van der Waals surface area contributed by atoms with Crippen LogP contribution in [0.3, 0.4) is 0 Å². The Balaban J connectivity index is 1.81. The second-order valence-corrected chi connectivity index (χ2v) is 11.8. The van der Waals surface area contributed by atoms with Gasteiger partial charge in [0.2, 0.25) is 0 Å². The summed E-state index contributed by atoms with van der Waals surface area (Å²) in [5, 5.41) is 28.1. The number of hydrogen-bond donors (Lipinski definition) is 3. The van der Waals surface area contributed by atoms with Crippen LogP contribution in [0, 0.1) is 24.2 Å². The monoisotopic (exact) mass is 492 g/mol. The fourth-order valence-electron chi connectivity index (χ4n) is 4.92. The number of cyclic esters (lactones) is 1. The van der Waals surface area contributed by atoms with E-state index in [0.29, 0.717) is 12.5 Å². The van der Waals surface area contributed by atoms with E-state index in [0.717, 1.165) is 35.5 Å². The molecule has 34 heavy (non-hydrogen) atoms. The van der Waals surface area contributed by atoms with E-state index < -0.39 is 35.6 Å². The molecule has 7 nitrogen and oxygen atoms in total. The average molecular weight is 493 g/mol. The molecule has 3 heterocycles. The number of aryl methyl sites for hydroxylation is 1. The van der Waals surface area contributed by atoms with Gasteiger partial charge in [0.25, 0.3) is 0 Å². The molecular formula is C26H40N2O5S. The molecule has 3 N–H and O–H groups in total. The van der Waals surface area contributed by atoms with Gasteiger partial charge in [-0.1, -0.05) is 34.1 Å². The van der Waals surface area contributed by atoms with Gasteiger partial charge >= 0.3 is 5.97 Å². The smallest absolute Gasteiger partial charge is 0.309 e. The first-order chi connectivity index (χ1) is 15.9. The number of Topliss-reactive ketones (excluding diaryl/α,β-unsaturated/α-hetero) is 1. The average Bonchev–Trinajstić information content (AvgIpc) is 3.38. The maximum atomic E-state index is 13.2. The van der Waals surface area contributed by atoms with Crippen LogP contribution in [-0.4, -0.2) is 57.3 Å². The summed E-state index contributed by atoms with van der Waals surface area (Å²) in [6.07, 6.45) is 2.64. The van der Waals surface area contributed by atoms with E-state index in [-0.39, 0.29) is 24.2 Å². The summed E-state index contributed by atoms with van der Waals surface area (Å²) in [4.78, 5) is 30.5. The van der Waals surface area contributed by atoms with Crippen molar-refractivity contribution < 1.29 is 24.5 Å². The highest BCUT2D eigenvalue weighted by molar-refractivity contribution is 7.09. The molecule has 1 aromatic rings. The Kier molecular flexibility index (Phi) is 8.71. The summed E-state index contributed by atoms with van der Waals surface area (Å²) >= 11 is 1.57. The molecule has 0 amide bonds. The lowest BCUT2D eigenvalue weighted by molar-refractivity contribution is -0.154. The standard InChI is InChI=1S/C26H40N2O5S/c1-14-8-7-9-19-20(28-19)11-21(15(2)10-18-13-34-17(4)27-18)33-23(30)12-22(29)26(5,6)25(32)16(3)24(14)31/h10,13-14,16,19-22,24,28-29,31H,7-9,11-12H2,1-6H3/b15-10+/t14?,16?,19?,20-,21-,22?,24-/m0/s1. The van der Waals surface area contributed by atoms with Crippen molar-refractivity contribution in [3.63, 3.8) is 0 Å². The number of esters is 1. The number of ether oxygens (including phenoxy) is 1. The number of nitrogens with one attached hydrogen (secondary N) is 1. The summed E-state index contributed by atoms with van der Waals surface area (Å²) in [5.41, 5.74) is 0.567. The number of rotatable bonds is 2. The predicted octanol–water partition coefficient (Wildman–Crippen LogP) is 3.66. The molecule has 3 rings (SSSR count). The topological polar surface area (TPSA) is 119 Å². The molecule has 4 unspecified atom stereocenters. The Morgan fingerprint density at radius 1 is 1.24 bits per heavy atom. The van der Waals surface area contributed by atoms with Crippen molar-refractivity contribution >= 4 is 29.2 Å². The van der Waals surface area contributed by atoms with E-state index in [1.54, 1.807) is 32.1 Å². The molecule has 2 aliphatic rings. The summed E-state index contributed by atoms with van der Waals surface area (Å²) in [6.45, 7) is 10.8. The Morgan fingerprint density at radius 2 is 1.94 bits per heavy atom. The van der Waals surface area contributed by atoms with Gasteiger partial charge in [-0.3, -0.25) is 9.59 Å². The number of aliphatic hydroxyl groups is 2. The summed E-state index contributed by atoms with van der Waals surface area (Å²) in [7, 11) is 0. The third-order valence-electron chi connectivity index (χ3n) is 7.58. The number of thiazole rings is 1. The molecule has 2 fully saturated rings. The molecule has 0 bridgehead atoms. The van der Waals surface area contributed by atoms with Crippen LogP contribution in [0.25, 0.3) is 6.08 Å². The van der Waals surface area contributed by atoms with Crippen LogP contribution in [0.1, 0.15) is 77.4 Å². The molecule has 0 aliphatic carbocycles. The highest BCUT2D eigenvalue weighted by Crippen LogP contribution is 2.33. The molecule has 8 heteroatoms. The fourth-order valence-corrected chi connectivity index (χ4v) is 5.49. The summed E-state index contributed by atoms with van der Waals surface area (Å²) in [5.74, 6) is -1.43. The molecule has 7 atom stereocenters. The number of hydrogen-bond acceptors (Lipinski definition) is 8. The van der Waals surface area contributed by atoms with Crippen LogP contribution in [0.4, 0.5) is 0 Å². The number of nitrogens with zero attached hydrogens (tertiary/aromatic N) is 1. The van der Waals surface area contributed by atoms with E-state index in [1.165, 1.54) is 0 Å². The maximum Gasteiger partial charge on any atom is 0.309 e. The minimum absolute atomic E-state index is 0.0264. The second kappa shape index (κ2) is 11.0. The Hall–Kier alpha value is -1.61. The minimum atomic E-state index is -1.21. The Morgan fingerprint density at radius 3 is 2.59 bits per heavy atom. The third-order valence-corrected chi connectivity index (χ3v) is 8.37. The van der Waals surface area contributed by atoms with Crippen LogP contribution < -0.4 is 5.32 Å². The van der Waals surface area contributed by atoms with Gasteiger partial charge in [-0.2, -0.15) is 0 Å². The molecular weight excluding hydrogens is 452 g/mol. The number of carbonyl (C=O) groups is 2. The molecule has 1 aromatic heterocycles. The van der Waals surface area contributed by atoms with Gasteiger partial charge < -0.3 is 20.3 Å². The van der Waals surface area contributed by atoms with Gasteiger partial charge in [-0.15, -0.1) is 11.3 Å². The Labute approximate surface area is 207 Å². The van der Waals surface area contributed by atoms with Crippen LogP contribution >= 0.6 is 11.3 Å². The van der Waals surface area contributed by atoms with E-state index in [2.05, 4.69) is 10.3 Å². The normalized spacial score (nSPS) is 36.0. The summed E-state index contributed by atoms with van der Waals surface area (Å²) < 4.78 is 5.86. The van der Waals surface area contributed by atoms with E-state index in [4.69, 9.17) is 4.74 Å². The highest BCUT2D eigenvalue weighted by Gasteiger charge is 2.43. The molecule has 190 valence electrons. The summed E-state index contributed by atoms with van der Waals surface area (Å²) in [6, 6.07) is 0.615. The lowest BCUT2D eigenvalue weighted by Crippen LogP contribution is -2.45. The zero-order chi connectivity index (χ0) is 25.2. The quantitative estimate of drug-likeness (QED) is 0.426. The molecule has 0 aromatic carbocycles. The first kappa shape index (κ1) is 27.0. The van der Waals surface area contributed by atoms with Gasteiger partial charge in [-0.05, 0) is 44.3 Å². The SMILES string of the molecule is C/C(=C\c1csc(C)n1)[C@@H]1C[C@@H]2NC2CCCC(C)[C@H](O)C(C)C(=O)C(C)(C)C(O)CC(=O)O1. The van der Waals surface area contributed by atoms with Gasteiger partial charge in [0.1, 0.15) is 11.9 Å². The number of carbonyl (C=O) groups excluding carboxylic acids is 2. The van der Waals surface area contributed by atoms with Crippen molar-refractivity contribution in [2.75, 3.05) is 0 Å². The van der Waals surface area contributed by atoms with Crippen molar-refractivity contribution in [2.45, 2.75) is 104 Å². The van der Waals surface area contributed by atoms with Gasteiger partial charge in [0.15, 0.2) is 0 Å². The Bertz CT molecular complexity index is 911. The highest BCUT2D eigenvalue weighted by atomic mass is 32.1. The van der Waals surface area contributed by atoms with Crippen molar-refractivity contribution in [1.82, 2.24) is 10.3 Å². The zero-order valence-corrected chi connectivity index (χ0v) is 22.0. The second-order valence-electron chi connectivity index (χ2n) is 10.8. The van der Waals surface area contributed by atoms with Crippen LogP contribution in [0.15, 0.2) is 11.0 Å². The third kappa shape index (κ3) is 6.53. The lowest BCUT2D eigenvalue weighted by Gasteiger charge is -2.34. The molecule has 2 aliphatic heterocycles. The first-order valence-corrected chi connectivity index (χ1v) is 13.2. The molecule has 2 saturated heterocycles. The van der Waals surface area contributed by atoms with Crippen LogP contribution in [0.2, 0.25) is 0 Å². The van der Waals surface area contributed by atoms with E-state index >= 15 is 0 Å². The number of aliphatic hydroxyl groups excluding tert-OH is 2. The van der Waals surface area contributed by atoms with Gasteiger partial charge in [0.05, 0.1) is 34.7 Å².